The van der Waals surface area contributed by atoms with Gasteiger partial charge in [-0.2, -0.15) is 0 Å². The first-order valence-electron chi connectivity index (χ1n) is 6.92. The van der Waals surface area contributed by atoms with Crippen LogP contribution in [0.3, 0.4) is 0 Å². The lowest BCUT2D eigenvalue weighted by Gasteiger charge is -2.21. The molecular formula is C19H16ClP. The van der Waals surface area contributed by atoms with E-state index >= 15 is 0 Å². The van der Waals surface area contributed by atoms with E-state index in [1.807, 2.05) is 6.07 Å². The second kappa shape index (κ2) is 6.43. The predicted molar refractivity (Wildman–Crippen MR) is 94.9 cm³/mol. The minimum absolute atomic E-state index is 0.538. The zero-order chi connectivity index (χ0) is 14.7. The van der Waals surface area contributed by atoms with Crippen molar-refractivity contribution in [2.45, 2.75) is 6.92 Å². The van der Waals surface area contributed by atoms with Crippen molar-refractivity contribution in [2.75, 3.05) is 0 Å². The summed E-state index contributed by atoms with van der Waals surface area (Å²) in [5, 5.41) is 4.90. The monoisotopic (exact) mass is 310 g/mol. The number of hydrogen-bond donors (Lipinski definition) is 0. The highest BCUT2D eigenvalue weighted by atomic mass is 35.5. The first-order valence-corrected chi connectivity index (χ1v) is 8.64. The van der Waals surface area contributed by atoms with E-state index in [4.69, 9.17) is 11.6 Å². The number of benzene rings is 3. The van der Waals surface area contributed by atoms with Crippen LogP contribution in [0.25, 0.3) is 0 Å². The van der Waals surface area contributed by atoms with Gasteiger partial charge in [-0.15, -0.1) is 0 Å². The lowest BCUT2D eigenvalue weighted by atomic mass is 10.2. The predicted octanol–water partition coefficient (Wildman–Crippen LogP) is 4.41. The van der Waals surface area contributed by atoms with E-state index in [9.17, 15) is 0 Å². The molecule has 3 aromatic carbocycles. The summed E-state index contributed by atoms with van der Waals surface area (Å²) in [5.41, 5.74) is 1.25. The van der Waals surface area contributed by atoms with Gasteiger partial charge in [0.25, 0.3) is 0 Å². The van der Waals surface area contributed by atoms with Gasteiger partial charge in [0.2, 0.25) is 0 Å². The molecule has 2 heteroatoms. The molecule has 0 N–H and O–H groups in total. The van der Waals surface area contributed by atoms with E-state index < -0.39 is 7.92 Å². The van der Waals surface area contributed by atoms with Crippen molar-refractivity contribution in [3.05, 3.63) is 89.4 Å². The normalized spacial score (nSPS) is 10.8. The molecule has 0 aliphatic carbocycles. The van der Waals surface area contributed by atoms with Crippen LogP contribution in [0.15, 0.2) is 78.9 Å². The first-order chi connectivity index (χ1) is 10.3. The lowest BCUT2D eigenvalue weighted by Crippen LogP contribution is -2.22. The van der Waals surface area contributed by atoms with Crippen molar-refractivity contribution in [1.29, 1.82) is 0 Å². The van der Waals surface area contributed by atoms with Gasteiger partial charge in [-0.3, -0.25) is 0 Å². The van der Waals surface area contributed by atoms with E-state index in [1.165, 1.54) is 21.5 Å². The van der Waals surface area contributed by atoms with Gasteiger partial charge in [0.15, 0.2) is 0 Å². The Balaban J connectivity index is 2.17. The highest BCUT2D eigenvalue weighted by molar-refractivity contribution is 7.79. The summed E-state index contributed by atoms with van der Waals surface area (Å²) in [7, 11) is -0.538. The summed E-state index contributed by atoms with van der Waals surface area (Å²) in [4.78, 5) is 0. The van der Waals surface area contributed by atoms with E-state index in [0.717, 1.165) is 5.02 Å². The van der Waals surface area contributed by atoms with E-state index in [-0.39, 0.29) is 0 Å². The minimum Gasteiger partial charge on any atom is -0.0843 e. The maximum atomic E-state index is 6.12. The van der Waals surface area contributed by atoms with Gasteiger partial charge in [0.05, 0.1) is 0 Å². The van der Waals surface area contributed by atoms with Gasteiger partial charge >= 0.3 is 0 Å². The molecule has 3 aromatic rings. The van der Waals surface area contributed by atoms with Crippen molar-refractivity contribution in [2.24, 2.45) is 0 Å². The van der Waals surface area contributed by atoms with Crippen LogP contribution in [-0.2, 0) is 0 Å². The minimum atomic E-state index is -0.538. The van der Waals surface area contributed by atoms with Crippen molar-refractivity contribution in [1.82, 2.24) is 0 Å². The molecule has 0 bridgehead atoms. The Hall–Kier alpha value is -1.62. The molecule has 0 unspecified atom stereocenters. The fourth-order valence-electron chi connectivity index (χ4n) is 2.45. The van der Waals surface area contributed by atoms with Gasteiger partial charge in [0.1, 0.15) is 0 Å². The van der Waals surface area contributed by atoms with Gasteiger partial charge in [0, 0.05) is 5.02 Å². The Labute approximate surface area is 132 Å². The standard InChI is InChI=1S/C19H16ClP/c1-15-14-16(20)12-13-19(15)21(17-8-4-2-5-9-17)18-10-6-3-7-11-18/h2-14H,1H3. The highest BCUT2D eigenvalue weighted by Gasteiger charge is 2.17. The molecule has 0 saturated carbocycles. The number of rotatable bonds is 3. The molecule has 0 nitrogen and oxygen atoms in total. The average Bonchev–Trinajstić information content (AvgIpc) is 2.52. The zero-order valence-electron chi connectivity index (χ0n) is 11.8. The quantitative estimate of drug-likeness (QED) is 0.629. The molecule has 0 atom stereocenters. The molecular weight excluding hydrogens is 295 g/mol. The molecule has 0 aliphatic heterocycles. The summed E-state index contributed by atoms with van der Waals surface area (Å²) in [6, 6.07) is 27.6. The van der Waals surface area contributed by atoms with Crippen molar-refractivity contribution >= 4 is 35.4 Å². The third-order valence-electron chi connectivity index (χ3n) is 3.43. The van der Waals surface area contributed by atoms with Crippen LogP contribution in [0.1, 0.15) is 5.56 Å². The SMILES string of the molecule is Cc1cc(Cl)ccc1P(c1ccccc1)c1ccccc1. The van der Waals surface area contributed by atoms with Gasteiger partial charge in [-0.1, -0.05) is 78.3 Å². The molecule has 0 spiro atoms. The molecule has 0 radical (unpaired) electrons. The first kappa shape index (κ1) is 14.3. The fourth-order valence-corrected chi connectivity index (χ4v) is 5.11. The number of halogens is 1. The summed E-state index contributed by atoms with van der Waals surface area (Å²) >= 11 is 6.12. The maximum absolute atomic E-state index is 6.12. The van der Waals surface area contributed by atoms with Crippen molar-refractivity contribution < 1.29 is 0 Å². The van der Waals surface area contributed by atoms with Crippen molar-refractivity contribution in [3.63, 3.8) is 0 Å². The molecule has 0 saturated heterocycles. The maximum Gasteiger partial charge on any atom is 0.0409 e. The van der Waals surface area contributed by atoms with E-state index in [1.54, 1.807) is 0 Å². The fraction of sp³-hybridized carbons (Fsp3) is 0.0526. The second-order valence-electron chi connectivity index (χ2n) is 4.94. The molecule has 0 fully saturated rings. The Bertz CT molecular complexity index is 684. The van der Waals surface area contributed by atoms with Crippen LogP contribution < -0.4 is 15.9 Å². The van der Waals surface area contributed by atoms with Crippen LogP contribution >= 0.6 is 19.5 Å². The smallest absolute Gasteiger partial charge is 0.0409 e. The van der Waals surface area contributed by atoms with Crippen LogP contribution in [0.5, 0.6) is 0 Å². The molecule has 21 heavy (non-hydrogen) atoms. The van der Waals surface area contributed by atoms with Crippen molar-refractivity contribution in [3.8, 4) is 0 Å². The summed E-state index contributed by atoms with van der Waals surface area (Å²) < 4.78 is 0. The topological polar surface area (TPSA) is 0 Å². The zero-order valence-corrected chi connectivity index (χ0v) is 13.5. The molecule has 0 amide bonds. The lowest BCUT2D eigenvalue weighted by molar-refractivity contribution is 1.52. The van der Waals surface area contributed by atoms with Gasteiger partial charge in [-0.25, -0.2) is 0 Å². The van der Waals surface area contributed by atoms with Crippen LogP contribution in [0, 0.1) is 6.92 Å². The van der Waals surface area contributed by atoms with Gasteiger partial charge < -0.3 is 0 Å². The Morgan fingerprint density at radius 1 is 0.714 bits per heavy atom. The van der Waals surface area contributed by atoms with E-state index in [0.29, 0.717) is 0 Å². The summed E-state index contributed by atoms with van der Waals surface area (Å²) in [6.07, 6.45) is 0. The Kier molecular flexibility index (Phi) is 4.39. The molecule has 0 aromatic heterocycles. The van der Waals surface area contributed by atoms with Crippen LogP contribution in [-0.4, -0.2) is 0 Å². The van der Waals surface area contributed by atoms with Crippen LogP contribution in [0.2, 0.25) is 5.02 Å². The molecule has 0 aliphatic rings. The summed E-state index contributed by atoms with van der Waals surface area (Å²) in [5.74, 6) is 0. The third-order valence-corrected chi connectivity index (χ3v) is 6.28. The average molecular weight is 311 g/mol. The number of aryl methyl sites for hydroxylation is 1. The molecule has 3 rings (SSSR count). The third kappa shape index (κ3) is 3.18. The van der Waals surface area contributed by atoms with Crippen LogP contribution in [0.4, 0.5) is 0 Å². The largest absolute Gasteiger partial charge is 0.0843 e. The Morgan fingerprint density at radius 3 is 1.71 bits per heavy atom. The molecule has 104 valence electrons. The number of hydrogen-bond acceptors (Lipinski definition) is 0. The Morgan fingerprint density at radius 2 is 1.24 bits per heavy atom. The summed E-state index contributed by atoms with van der Waals surface area (Å²) in [6.45, 7) is 2.14. The molecule has 0 heterocycles. The van der Waals surface area contributed by atoms with Gasteiger partial charge in [-0.05, 0) is 48.5 Å². The van der Waals surface area contributed by atoms with E-state index in [2.05, 4.69) is 79.7 Å². The highest BCUT2D eigenvalue weighted by Crippen LogP contribution is 2.34. The second-order valence-corrected chi connectivity index (χ2v) is 7.56.